The van der Waals surface area contributed by atoms with Crippen molar-refractivity contribution in [3.05, 3.63) is 52.0 Å². The van der Waals surface area contributed by atoms with Gasteiger partial charge in [0.2, 0.25) is 0 Å². The molecule has 4 nitrogen and oxygen atoms in total. The minimum atomic E-state index is -0.955. The van der Waals surface area contributed by atoms with Crippen LogP contribution in [0.5, 0.6) is 5.75 Å². The quantitative estimate of drug-likeness (QED) is 0.878. The van der Waals surface area contributed by atoms with E-state index in [9.17, 15) is 9.90 Å². The van der Waals surface area contributed by atoms with E-state index in [1.165, 1.54) is 0 Å². The lowest BCUT2D eigenvalue weighted by molar-refractivity contribution is 0.0698. The van der Waals surface area contributed by atoms with E-state index in [4.69, 9.17) is 4.74 Å². The van der Waals surface area contributed by atoms with Crippen molar-refractivity contribution < 1.29 is 14.6 Å². The number of carboxylic acid groups (broad SMARTS) is 1. The molecule has 2 N–H and O–H groups in total. The number of carbonyl (C=O) groups is 1. The van der Waals surface area contributed by atoms with Crippen LogP contribution in [-0.4, -0.2) is 18.2 Å². The second kappa shape index (κ2) is 5.96. The Labute approximate surface area is 125 Å². The van der Waals surface area contributed by atoms with Gasteiger partial charge in [-0.25, -0.2) is 4.79 Å². The van der Waals surface area contributed by atoms with Crippen LogP contribution in [0.4, 0.5) is 11.4 Å². The first kappa shape index (κ1) is 14.4. The Hall–Kier alpha value is -2.01. The van der Waals surface area contributed by atoms with Crippen molar-refractivity contribution >= 4 is 33.3 Å². The van der Waals surface area contributed by atoms with E-state index < -0.39 is 5.97 Å². The maximum Gasteiger partial charge on any atom is 0.337 e. The van der Waals surface area contributed by atoms with Gasteiger partial charge < -0.3 is 15.2 Å². The molecule has 0 saturated heterocycles. The lowest BCUT2D eigenvalue weighted by atomic mass is 10.1. The van der Waals surface area contributed by atoms with Gasteiger partial charge in [-0.15, -0.1) is 0 Å². The Morgan fingerprint density at radius 2 is 2.00 bits per heavy atom. The third kappa shape index (κ3) is 3.11. The van der Waals surface area contributed by atoms with Crippen molar-refractivity contribution in [2.75, 3.05) is 12.4 Å². The number of aryl methyl sites for hydroxylation is 1. The van der Waals surface area contributed by atoms with Gasteiger partial charge in [-0.05, 0) is 53.2 Å². The number of ether oxygens (including phenoxy) is 1. The maximum absolute atomic E-state index is 11.3. The number of methoxy groups -OCH3 is 1. The van der Waals surface area contributed by atoms with Crippen molar-refractivity contribution in [2.24, 2.45) is 0 Å². The van der Waals surface area contributed by atoms with Gasteiger partial charge in [0, 0.05) is 5.69 Å². The Balaban J connectivity index is 2.35. The van der Waals surface area contributed by atoms with Gasteiger partial charge in [-0.1, -0.05) is 11.6 Å². The summed E-state index contributed by atoms with van der Waals surface area (Å²) in [6.45, 7) is 1.86. The summed E-state index contributed by atoms with van der Waals surface area (Å²) in [5.74, 6) is -0.235. The van der Waals surface area contributed by atoms with Crippen LogP contribution in [0.15, 0.2) is 40.9 Å². The number of hydrogen-bond donors (Lipinski definition) is 2. The highest BCUT2D eigenvalue weighted by Crippen LogP contribution is 2.30. The van der Waals surface area contributed by atoms with Crippen LogP contribution >= 0.6 is 15.9 Å². The molecule has 0 aliphatic heterocycles. The predicted molar refractivity (Wildman–Crippen MR) is 82.1 cm³/mol. The summed E-state index contributed by atoms with van der Waals surface area (Å²) in [6, 6.07) is 10.7. The molecule has 5 heteroatoms. The third-order valence-corrected chi connectivity index (χ3v) is 3.46. The maximum atomic E-state index is 11.3. The van der Waals surface area contributed by atoms with E-state index in [1.54, 1.807) is 25.3 Å². The smallest absolute Gasteiger partial charge is 0.337 e. The van der Waals surface area contributed by atoms with Crippen LogP contribution in [0.25, 0.3) is 0 Å². The molecule has 104 valence electrons. The van der Waals surface area contributed by atoms with Crippen molar-refractivity contribution in [2.45, 2.75) is 6.92 Å². The third-order valence-electron chi connectivity index (χ3n) is 2.84. The molecule has 2 aromatic rings. The van der Waals surface area contributed by atoms with Gasteiger partial charge in [0.1, 0.15) is 5.75 Å². The molecule has 0 aliphatic rings. The second-order valence-electron chi connectivity index (χ2n) is 4.33. The molecular weight excluding hydrogens is 322 g/mol. The molecule has 0 aliphatic carbocycles. The zero-order chi connectivity index (χ0) is 14.7. The van der Waals surface area contributed by atoms with E-state index in [1.807, 2.05) is 25.1 Å². The summed E-state index contributed by atoms with van der Waals surface area (Å²) in [4.78, 5) is 11.3. The SMILES string of the molecule is COc1ccc(Nc2ccc(C)cc2C(=O)O)cc1Br. The van der Waals surface area contributed by atoms with Crippen molar-refractivity contribution in [3.8, 4) is 5.75 Å². The molecule has 0 radical (unpaired) electrons. The van der Waals surface area contributed by atoms with Crippen molar-refractivity contribution in [1.29, 1.82) is 0 Å². The summed E-state index contributed by atoms with van der Waals surface area (Å²) >= 11 is 3.40. The number of aromatic carboxylic acids is 1. The Bertz CT molecular complexity index is 656. The van der Waals surface area contributed by atoms with Crippen LogP contribution in [0, 0.1) is 6.92 Å². The van der Waals surface area contributed by atoms with Gasteiger partial charge in [0.05, 0.1) is 22.8 Å². The first-order chi connectivity index (χ1) is 9.51. The molecule has 0 fully saturated rings. The highest BCUT2D eigenvalue weighted by atomic mass is 79.9. The highest BCUT2D eigenvalue weighted by Gasteiger charge is 2.11. The van der Waals surface area contributed by atoms with Crippen LogP contribution in [-0.2, 0) is 0 Å². The van der Waals surface area contributed by atoms with Crippen LogP contribution in [0.1, 0.15) is 15.9 Å². The highest BCUT2D eigenvalue weighted by molar-refractivity contribution is 9.10. The molecule has 0 bridgehead atoms. The van der Waals surface area contributed by atoms with Gasteiger partial charge in [0.15, 0.2) is 0 Å². The summed E-state index contributed by atoms with van der Waals surface area (Å²) in [5, 5.41) is 12.3. The summed E-state index contributed by atoms with van der Waals surface area (Å²) in [7, 11) is 1.59. The van der Waals surface area contributed by atoms with Gasteiger partial charge in [-0.3, -0.25) is 0 Å². The van der Waals surface area contributed by atoms with Crippen LogP contribution in [0.3, 0.4) is 0 Å². The minimum absolute atomic E-state index is 0.247. The van der Waals surface area contributed by atoms with E-state index >= 15 is 0 Å². The molecule has 0 unspecified atom stereocenters. The molecule has 0 atom stereocenters. The molecule has 0 saturated carbocycles. The van der Waals surface area contributed by atoms with Gasteiger partial charge >= 0.3 is 5.97 Å². The molecule has 0 heterocycles. The molecule has 0 aromatic heterocycles. The van der Waals surface area contributed by atoms with Crippen LogP contribution in [0.2, 0.25) is 0 Å². The average Bonchev–Trinajstić information content (AvgIpc) is 2.41. The fourth-order valence-electron chi connectivity index (χ4n) is 1.84. The Morgan fingerprint density at radius 3 is 2.60 bits per heavy atom. The Kier molecular flexibility index (Phi) is 4.29. The molecule has 20 heavy (non-hydrogen) atoms. The average molecular weight is 336 g/mol. The summed E-state index contributed by atoms with van der Waals surface area (Å²) in [6.07, 6.45) is 0. The first-order valence-corrected chi connectivity index (χ1v) is 6.75. The second-order valence-corrected chi connectivity index (χ2v) is 5.18. The van der Waals surface area contributed by atoms with E-state index in [0.717, 1.165) is 21.5 Å². The largest absolute Gasteiger partial charge is 0.496 e. The zero-order valence-corrected chi connectivity index (χ0v) is 12.7. The fourth-order valence-corrected chi connectivity index (χ4v) is 2.38. The summed E-state index contributed by atoms with van der Waals surface area (Å²) < 4.78 is 5.96. The number of halogens is 1. The molecular formula is C15H14BrNO3. The number of nitrogens with one attached hydrogen (secondary N) is 1. The molecule has 2 rings (SSSR count). The molecule has 0 spiro atoms. The normalized spacial score (nSPS) is 10.2. The van der Waals surface area contributed by atoms with Crippen molar-refractivity contribution in [3.63, 3.8) is 0 Å². The minimum Gasteiger partial charge on any atom is -0.496 e. The Morgan fingerprint density at radius 1 is 1.25 bits per heavy atom. The number of rotatable bonds is 4. The van der Waals surface area contributed by atoms with E-state index in [0.29, 0.717) is 5.69 Å². The monoisotopic (exact) mass is 335 g/mol. The van der Waals surface area contributed by atoms with Crippen LogP contribution < -0.4 is 10.1 Å². The molecule has 0 amide bonds. The van der Waals surface area contributed by atoms with Crippen molar-refractivity contribution in [1.82, 2.24) is 0 Å². The number of hydrogen-bond acceptors (Lipinski definition) is 3. The van der Waals surface area contributed by atoms with E-state index in [-0.39, 0.29) is 5.56 Å². The van der Waals surface area contributed by atoms with E-state index in [2.05, 4.69) is 21.2 Å². The van der Waals surface area contributed by atoms with Gasteiger partial charge in [-0.2, -0.15) is 0 Å². The number of anilines is 2. The lowest BCUT2D eigenvalue weighted by Crippen LogP contribution is -2.03. The zero-order valence-electron chi connectivity index (χ0n) is 11.1. The number of carboxylic acids is 1. The molecule has 2 aromatic carbocycles. The van der Waals surface area contributed by atoms with Gasteiger partial charge in [0.25, 0.3) is 0 Å². The topological polar surface area (TPSA) is 58.6 Å². The first-order valence-electron chi connectivity index (χ1n) is 5.96. The number of benzene rings is 2. The fraction of sp³-hybridized carbons (Fsp3) is 0.133. The lowest BCUT2D eigenvalue weighted by Gasteiger charge is -2.12. The standard InChI is InChI=1S/C15H14BrNO3/c1-9-3-5-13(11(7-9)15(18)19)17-10-4-6-14(20-2)12(16)8-10/h3-8,17H,1-2H3,(H,18,19). The summed E-state index contributed by atoms with van der Waals surface area (Å²) in [5.41, 5.74) is 2.49. The predicted octanol–water partition coefficient (Wildman–Crippen LogP) is 4.21.